The largest absolute Gasteiger partial charge is 0.481 e. The molecule has 0 spiro atoms. The summed E-state index contributed by atoms with van der Waals surface area (Å²) in [6, 6.07) is 7.89. The van der Waals surface area contributed by atoms with Gasteiger partial charge in [-0.25, -0.2) is 9.97 Å². The zero-order valence-electron chi connectivity index (χ0n) is 14.2. The van der Waals surface area contributed by atoms with Gasteiger partial charge in [-0.15, -0.1) is 11.3 Å². The first-order valence-electron chi connectivity index (χ1n) is 7.87. The fourth-order valence-electron chi connectivity index (χ4n) is 2.41. The van der Waals surface area contributed by atoms with Crippen LogP contribution in [-0.4, -0.2) is 37.1 Å². The number of nitrogens with one attached hydrogen (secondary N) is 2. The molecule has 0 atom stereocenters. The smallest absolute Gasteiger partial charge is 0.311 e. The molecule has 2 heterocycles. The van der Waals surface area contributed by atoms with Gasteiger partial charge in [-0.05, 0) is 19.4 Å². The zero-order chi connectivity index (χ0) is 18.7. The standard InChI is InChI=1S/C17H17N5O3S/c1-9-5-3-4-6-11(9)17-19-10(2)15(26-17)16(25)18-8-13-20-12(21-22-13)7-14(23)24/h3-6H,7-8H2,1-2H3,(H,18,25)(H,23,24)(H,20,21,22). The highest BCUT2D eigenvalue weighted by molar-refractivity contribution is 7.17. The molecule has 0 aliphatic heterocycles. The number of H-pyrrole nitrogens is 1. The van der Waals surface area contributed by atoms with Gasteiger partial charge < -0.3 is 10.4 Å². The number of amides is 1. The lowest BCUT2D eigenvalue weighted by molar-refractivity contribution is -0.136. The van der Waals surface area contributed by atoms with Crippen LogP contribution in [0.1, 0.15) is 32.6 Å². The third-order valence-corrected chi connectivity index (χ3v) is 4.87. The van der Waals surface area contributed by atoms with Crippen LogP contribution < -0.4 is 5.32 Å². The van der Waals surface area contributed by atoms with Crippen molar-refractivity contribution in [1.82, 2.24) is 25.5 Å². The number of benzene rings is 1. The fourth-order valence-corrected chi connectivity index (χ4v) is 3.48. The number of carboxylic acids is 1. The number of rotatable bonds is 6. The number of carbonyl (C=O) groups is 2. The number of nitrogens with zero attached hydrogens (tertiary/aromatic N) is 3. The van der Waals surface area contributed by atoms with Crippen molar-refractivity contribution < 1.29 is 14.7 Å². The van der Waals surface area contributed by atoms with E-state index in [1.54, 1.807) is 6.92 Å². The van der Waals surface area contributed by atoms with E-state index in [0.717, 1.165) is 16.1 Å². The molecule has 2 aromatic heterocycles. The molecule has 0 unspecified atom stereocenters. The highest BCUT2D eigenvalue weighted by atomic mass is 32.1. The summed E-state index contributed by atoms with van der Waals surface area (Å²) in [5, 5.41) is 18.7. The number of aromatic nitrogens is 4. The van der Waals surface area contributed by atoms with Crippen molar-refractivity contribution in [1.29, 1.82) is 0 Å². The van der Waals surface area contributed by atoms with Gasteiger partial charge in [-0.3, -0.25) is 14.7 Å². The van der Waals surface area contributed by atoms with Crippen molar-refractivity contribution in [3.63, 3.8) is 0 Å². The number of carboxylic acid groups (broad SMARTS) is 1. The Balaban J connectivity index is 1.70. The minimum Gasteiger partial charge on any atom is -0.481 e. The first kappa shape index (κ1) is 17.7. The minimum absolute atomic E-state index is 0.127. The molecule has 8 nitrogen and oxygen atoms in total. The van der Waals surface area contributed by atoms with Crippen LogP contribution in [0.5, 0.6) is 0 Å². The summed E-state index contributed by atoms with van der Waals surface area (Å²) in [5.74, 6) is -0.687. The molecule has 0 saturated heterocycles. The molecular formula is C17H17N5O3S. The quantitative estimate of drug-likeness (QED) is 0.610. The molecule has 134 valence electrons. The molecule has 26 heavy (non-hydrogen) atoms. The third-order valence-electron chi connectivity index (χ3n) is 3.68. The Hall–Kier alpha value is -3.07. The summed E-state index contributed by atoms with van der Waals surface area (Å²) in [7, 11) is 0. The van der Waals surface area contributed by atoms with Gasteiger partial charge >= 0.3 is 5.97 Å². The lowest BCUT2D eigenvalue weighted by Crippen LogP contribution is -2.23. The van der Waals surface area contributed by atoms with Crippen LogP contribution in [0.15, 0.2) is 24.3 Å². The Morgan fingerprint density at radius 3 is 2.73 bits per heavy atom. The average molecular weight is 371 g/mol. The molecule has 0 saturated carbocycles. The van der Waals surface area contributed by atoms with Gasteiger partial charge in [0.15, 0.2) is 5.82 Å². The topological polar surface area (TPSA) is 121 Å². The summed E-state index contributed by atoms with van der Waals surface area (Å²) in [5.41, 5.74) is 2.77. The van der Waals surface area contributed by atoms with Crippen LogP contribution in [-0.2, 0) is 17.8 Å². The van der Waals surface area contributed by atoms with E-state index in [2.05, 4.69) is 25.5 Å². The first-order valence-corrected chi connectivity index (χ1v) is 8.69. The second-order valence-electron chi connectivity index (χ2n) is 5.70. The maximum Gasteiger partial charge on any atom is 0.311 e. The Morgan fingerprint density at radius 2 is 2.00 bits per heavy atom. The van der Waals surface area contributed by atoms with Crippen molar-refractivity contribution in [3.8, 4) is 10.6 Å². The average Bonchev–Trinajstić information content (AvgIpc) is 3.19. The molecule has 3 aromatic rings. The second kappa shape index (κ2) is 7.44. The number of aromatic amines is 1. The molecule has 0 radical (unpaired) electrons. The van der Waals surface area contributed by atoms with E-state index in [9.17, 15) is 9.59 Å². The number of carbonyl (C=O) groups excluding carboxylic acids is 1. The SMILES string of the molecule is Cc1ccccc1-c1nc(C)c(C(=O)NCc2nc(CC(=O)O)n[nH]2)s1. The molecule has 3 N–H and O–H groups in total. The molecule has 9 heteroatoms. The van der Waals surface area contributed by atoms with Gasteiger partial charge in [0.25, 0.3) is 5.91 Å². The van der Waals surface area contributed by atoms with Crippen LogP contribution in [0.4, 0.5) is 0 Å². The number of hydrogen-bond acceptors (Lipinski definition) is 6. The molecule has 0 bridgehead atoms. The predicted molar refractivity (Wildman–Crippen MR) is 95.9 cm³/mol. The van der Waals surface area contributed by atoms with Crippen molar-refractivity contribution in [2.75, 3.05) is 0 Å². The lowest BCUT2D eigenvalue weighted by Gasteiger charge is -2.01. The molecule has 1 aromatic carbocycles. The Morgan fingerprint density at radius 1 is 1.23 bits per heavy atom. The number of thiazole rings is 1. The normalized spacial score (nSPS) is 10.7. The summed E-state index contributed by atoms with van der Waals surface area (Å²) < 4.78 is 0. The van der Waals surface area contributed by atoms with E-state index in [1.165, 1.54) is 11.3 Å². The molecule has 0 aliphatic carbocycles. The maximum atomic E-state index is 12.5. The summed E-state index contributed by atoms with van der Waals surface area (Å²) in [6.45, 7) is 3.93. The minimum atomic E-state index is -1.01. The summed E-state index contributed by atoms with van der Waals surface area (Å²) in [6.07, 6.45) is -0.266. The van der Waals surface area contributed by atoms with Crippen LogP contribution in [0, 0.1) is 13.8 Å². The van der Waals surface area contributed by atoms with Crippen molar-refractivity contribution in [2.24, 2.45) is 0 Å². The molecule has 0 fully saturated rings. The van der Waals surface area contributed by atoms with Crippen LogP contribution in [0.25, 0.3) is 10.6 Å². The second-order valence-corrected chi connectivity index (χ2v) is 6.70. The third kappa shape index (κ3) is 3.94. The van der Waals surface area contributed by atoms with Crippen molar-refractivity contribution >= 4 is 23.2 Å². The van der Waals surface area contributed by atoms with E-state index in [4.69, 9.17) is 5.11 Å². The van der Waals surface area contributed by atoms with Gasteiger partial charge in [-0.1, -0.05) is 24.3 Å². The van der Waals surface area contributed by atoms with Gasteiger partial charge in [0.1, 0.15) is 22.1 Å². The fraction of sp³-hybridized carbons (Fsp3) is 0.235. The predicted octanol–water partition coefficient (Wildman–Crippen LogP) is 2.10. The Labute approximate surface area is 153 Å². The van der Waals surface area contributed by atoms with E-state index in [1.807, 2.05) is 31.2 Å². The van der Waals surface area contributed by atoms with E-state index in [0.29, 0.717) is 16.4 Å². The Kier molecular flexibility index (Phi) is 5.08. The monoisotopic (exact) mass is 371 g/mol. The summed E-state index contributed by atoms with van der Waals surface area (Å²) >= 11 is 1.34. The van der Waals surface area contributed by atoms with Gasteiger partial charge in [0.05, 0.1) is 12.2 Å². The zero-order valence-corrected chi connectivity index (χ0v) is 15.1. The summed E-state index contributed by atoms with van der Waals surface area (Å²) in [4.78, 5) is 32.2. The number of aryl methyl sites for hydroxylation is 2. The van der Waals surface area contributed by atoms with Gasteiger partial charge in [-0.2, -0.15) is 5.10 Å². The number of hydrogen-bond donors (Lipinski definition) is 3. The van der Waals surface area contributed by atoms with Crippen molar-refractivity contribution in [2.45, 2.75) is 26.8 Å². The maximum absolute atomic E-state index is 12.5. The Bertz CT molecular complexity index is 963. The molecular weight excluding hydrogens is 354 g/mol. The van der Waals surface area contributed by atoms with Crippen LogP contribution >= 0.6 is 11.3 Å². The van der Waals surface area contributed by atoms with E-state index in [-0.39, 0.29) is 24.7 Å². The lowest BCUT2D eigenvalue weighted by atomic mass is 10.1. The van der Waals surface area contributed by atoms with E-state index < -0.39 is 5.97 Å². The molecule has 0 aliphatic rings. The van der Waals surface area contributed by atoms with Crippen LogP contribution in [0.3, 0.4) is 0 Å². The van der Waals surface area contributed by atoms with E-state index >= 15 is 0 Å². The molecule has 3 rings (SSSR count). The van der Waals surface area contributed by atoms with Gasteiger partial charge in [0, 0.05) is 5.56 Å². The van der Waals surface area contributed by atoms with Crippen molar-refractivity contribution in [3.05, 3.63) is 52.0 Å². The first-order chi connectivity index (χ1) is 12.4. The van der Waals surface area contributed by atoms with Crippen LogP contribution in [0.2, 0.25) is 0 Å². The number of aliphatic carboxylic acids is 1. The highest BCUT2D eigenvalue weighted by Crippen LogP contribution is 2.30. The highest BCUT2D eigenvalue weighted by Gasteiger charge is 2.17. The van der Waals surface area contributed by atoms with Gasteiger partial charge in [0.2, 0.25) is 0 Å². The molecule has 1 amide bonds.